The van der Waals surface area contributed by atoms with Crippen LogP contribution in [0.3, 0.4) is 0 Å². The summed E-state index contributed by atoms with van der Waals surface area (Å²) < 4.78 is 5.17. The molecule has 0 aromatic carbocycles. The fourth-order valence-electron chi connectivity index (χ4n) is 1.20. The lowest BCUT2D eigenvalue weighted by Gasteiger charge is -2.16. The zero-order valence-corrected chi connectivity index (χ0v) is 10.2. The molecular weight excluding hydrogens is 202 g/mol. The third kappa shape index (κ3) is 4.43. The molecule has 0 fully saturated rings. The Balaban J connectivity index is 2.20. The molecule has 0 aliphatic heterocycles. The minimum atomic E-state index is -0.408. The van der Waals surface area contributed by atoms with Crippen molar-refractivity contribution in [2.75, 3.05) is 6.61 Å². The van der Waals surface area contributed by atoms with Crippen LogP contribution in [0.1, 0.15) is 32.8 Å². The molecular formula is C13H19NO2. The van der Waals surface area contributed by atoms with Crippen molar-refractivity contribution in [1.82, 2.24) is 4.98 Å². The first-order chi connectivity index (χ1) is 7.50. The van der Waals surface area contributed by atoms with Crippen molar-refractivity contribution in [2.45, 2.75) is 33.6 Å². The first kappa shape index (κ1) is 12.7. The summed E-state index contributed by atoms with van der Waals surface area (Å²) in [5.41, 5.74) is 0.767. The molecule has 0 unspecified atom stereocenters. The van der Waals surface area contributed by atoms with Gasteiger partial charge in [0, 0.05) is 12.4 Å². The molecule has 3 heteroatoms. The number of ether oxygens (including phenoxy) is 1. The molecule has 0 saturated heterocycles. The monoisotopic (exact) mass is 221 g/mol. The first-order valence-corrected chi connectivity index (χ1v) is 5.56. The zero-order valence-electron chi connectivity index (χ0n) is 10.2. The van der Waals surface area contributed by atoms with E-state index in [9.17, 15) is 4.79 Å². The van der Waals surface area contributed by atoms with E-state index >= 15 is 0 Å². The molecule has 0 spiro atoms. The number of hydrogen-bond acceptors (Lipinski definition) is 3. The molecule has 3 nitrogen and oxygen atoms in total. The van der Waals surface area contributed by atoms with Crippen LogP contribution in [-0.2, 0) is 16.0 Å². The number of carbonyl (C=O) groups excluding carboxylic acids is 1. The number of rotatable bonds is 4. The van der Waals surface area contributed by atoms with E-state index in [1.54, 1.807) is 6.20 Å². The van der Waals surface area contributed by atoms with Gasteiger partial charge < -0.3 is 4.74 Å². The summed E-state index contributed by atoms with van der Waals surface area (Å²) in [6, 6.07) is 3.94. The molecule has 1 aromatic heterocycles. The average Bonchev–Trinajstić information content (AvgIpc) is 2.24. The summed E-state index contributed by atoms with van der Waals surface area (Å²) in [4.78, 5) is 15.5. The van der Waals surface area contributed by atoms with E-state index in [1.165, 1.54) is 5.56 Å². The van der Waals surface area contributed by atoms with Gasteiger partial charge in [0.2, 0.25) is 0 Å². The van der Waals surface area contributed by atoms with Crippen LogP contribution in [0.25, 0.3) is 0 Å². The largest absolute Gasteiger partial charge is 0.465 e. The van der Waals surface area contributed by atoms with Gasteiger partial charge in [-0.05, 0) is 45.2 Å². The van der Waals surface area contributed by atoms with E-state index in [1.807, 2.05) is 39.1 Å². The highest BCUT2D eigenvalue weighted by atomic mass is 16.5. The highest BCUT2D eigenvalue weighted by Crippen LogP contribution is 2.15. The lowest BCUT2D eigenvalue weighted by molar-refractivity contribution is -0.153. The standard InChI is InChI=1S/C13H19NO2/c1-13(2,3)12(15)16-9-5-7-11-6-4-8-14-10-11/h4,6,8,10H,5,7,9H2,1-3H3. The summed E-state index contributed by atoms with van der Waals surface area (Å²) in [6.45, 7) is 6.05. The van der Waals surface area contributed by atoms with Gasteiger partial charge in [-0.3, -0.25) is 9.78 Å². The van der Waals surface area contributed by atoms with Gasteiger partial charge in [0.15, 0.2) is 0 Å². The Bertz CT molecular complexity index is 328. The summed E-state index contributed by atoms with van der Waals surface area (Å²) >= 11 is 0. The maximum absolute atomic E-state index is 11.4. The number of pyridine rings is 1. The highest BCUT2D eigenvalue weighted by Gasteiger charge is 2.22. The lowest BCUT2D eigenvalue weighted by atomic mass is 9.97. The van der Waals surface area contributed by atoms with E-state index < -0.39 is 5.41 Å². The molecule has 0 aliphatic rings. The van der Waals surface area contributed by atoms with Gasteiger partial charge in [0.1, 0.15) is 0 Å². The summed E-state index contributed by atoms with van der Waals surface area (Å²) in [7, 11) is 0. The van der Waals surface area contributed by atoms with Crippen molar-refractivity contribution >= 4 is 5.97 Å². The molecule has 88 valence electrons. The van der Waals surface area contributed by atoms with Crippen LogP contribution in [0.15, 0.2) is 24.5 Å². The topological polar surface area (TPSA) is 39.2 Å². The molecule has 0 radical (unpaired) electrons. The Morgan fingerprint density at radius 2 is 2.19 bits per heavy atom. The first-order valence-electron chi connectivity index (χ1n) is 5.56. The summed E-state index contributed by atoms with van der Waals surface area (Å²) in [5, 5.41) is 0. The number of carbonyl (C=O) groups is 1. The Kier molecular flexibility index (Phi) is 4.47. The SMILES string of the molecule is CC(C)(C)C(=O)OCCCc1cccnc1. The zero-order chi connectivity index (χ0) is 12.0. The second-order valence-corrected chi connectivity index (χ2v) is 4.85. The van der Waals surface area contributed by atoms with E-state index in [4.69, 9.17) is 4.74 Å². The minimum Gasteiger partial charge on any atom is -0.465 e. The molecule has 0 aliphatic carbocycles. The molecule has 1 aromatic rings. The quantitative estimate of drug-likeness (QED) is 0.579. The van der Waals surface area contributed by atoms with Crippen molar-refractivity contribution in [1.29, 1.82) is 0 Å². The predicted octanol–water partition coefficient (Wildman–Crippen LogP) is 2.60. The number of nitrogens with zero attached hydrogens (tertiary/aromatic N) is 1. The van der Waals surface area contributed by atoms with Crippen LogP contribution >= 0.6 is 0 Å². The normalized spacial score (nSPS) is 11.2. The molecule has 0 amide bonds. The fourth-order valence-corrected chi connectivity index (χ4v) is 1.20. The Morgan fingerprint density at radius 3 is 2.75 bits per heavy atom. The van der Waals surface area contributed by atoms with Crippen molar-refractivity contribution < 1.29 is 9.53 Å². The number of aryl methyl sites for hydroxylation is 1. The van der Waals surface area contributed by atoms with Gasteiger partial charge in [-0.2, -0.15) is 0 Å². The number of hydrogen-bond donors (Lipinski definition) is 0. The Labute approximate surface area is 96.8 Å². The van der Waals surface area contributed by atoms with Gasteiger partial charge in [-0.1, -0.05) is 6.07 Å². The van der Waals surface area contributed by atoms with Gasteiger partial charge >= 0.3 is 5.97 Å². The maximum Gasteiger partial charge on any atom is 0.311 e. The molecule has 0 N–H and O–H groups in total. The molecule has 16 heavy (non-hydrogen) atoms. The molecule has 1 heterocycles. The summed E-state index contributed by atoms with van der Waals surface area (Å²) in [6.07, 6.45) is 5.33. The molecule has 0 saturated carbocycles. The van der Waals surface area contributed by atoms with E-state index in [0.29, 0.717) is 6.61 Å². The Morgan fingerprint density at radius 1 is 1.44 bits per heavy atom. The highest BCUT2D eigenvalue weighted by molar-refractivity contribution is 5.75. The number of aromatic nitrogens is 1. The minimum absolute atomic E-state index is 0.140. The average molecular weight is 221 g/mol. The van der Waals surface area contributed by atoms with Crippen LogP contribution in [0.4, 0.5) is 0 Å². The van der Waals surface area contributed by atoms with Crippen LogP contribution < -0.4 is 0 Å². The van der Waals surface area contributed by atoms with Gasteiger partial charge in [-0.25, -0.2) is 0 Å². The van der Waals surface area contributed by atoms with Crippen molar-refractivity contribution in [2.24, 2.45) is 5.41 Å². The van der Waals surface area contributed by atoms with Crippen LogP contribution in [0.2, 0.25) is 0 Å². The fraction of sp³-hybridized carbons (Fsp3) is 0.538. The van der Waals surface area contributed by atoms with E-state index in [0.717, 1.165) is 12.8 Å². The van der Waals surface area contributed by atoms with E-state index in [2.05, 4.69) is 4.98 Å². The predicted molar refractivity (Wildman–Crippen MR) is 63.0 cm³/mol. The molecule has 0 atom stereocenters. The van der Waals surface area contributed by atoms with Crippen molar-refractivity contribution in [3.8, 4) is 0 Å². The summed E-state index contributed by atoms with van der Waals surface area (Å²) in [5.74, 6) is -0.140. The second kappa shape index (κ2) is 5.64. The van der Waals surface area contributed by atoms with Crippen LogP contribution in [0.5, 0.6) is 0 Å². The smallest absolute Gasteiger partial charge is 0.311 e. The van der Waals surface area contributed by atoms with Gasteiger partial charge in [0.25, 0.3) is 0 Å². The van der Waals surface area contributed by atoms with Crippen molar-refractivity contribution in [3.05, 3.63) is 30.1 Å². The lowest BCUT2D eigenvalue weighted by Crippen LogP contribution is -2.23. The van der Waals surface area contributed by atoms with Crippen LogP contribution in [0, 0.1) is 5.41 Å². The Hall–Kier alpha value is -1.38. The van der Waals surface area contributed by atoms with E-state index in [-0.39, 0.29) is 5.97 Å². The molecule has 1 rings (SSSR count). The van der Waals surface area contributed by atoms with Gasteiger partial charge in [0.05, 0.1) is 12.0 Å². The van der Waals surface area contributed by atoms with Crippen molar-refractivity contribution in [3.63, 3.8) is 0 Å². The second-order valence-electron chi connectivity index (χ2n) is 4.85. The third-order valence-corrected chi connectivity index (χ3v) is 2.18. The van der Waals surface area contributed by atoms with Gasteiger partial charge in [-0.15, -0.1) is 0 Å². The third-order valence-electron chi connectivity index (χ3n) is 2.18. The molecule has 0 bridgehead atoms. The number of esters is 1. The van der Waals surface area contributed by atoms with Crippen LogP contribution in [-0.4, -0.2) is 17.6 Å². The maximum atomic E-state index is 11.4.